The minimum absolute atomic E-state index is 0.0478. The number of nitrogens with two attached hydrogens (primary N) is 1. The number of aliphatic hydroxyl groups is 1. The van der Waals surface area contributed by atoms with Gasteiger partial charge in [0.2, 0.25) is 0 Å². The molecule has 50 heavy (non-hydrogen) atoms. The van der Waals surface area contributed by atoms with Crippen LogP contribution in [0.25, 0.3) is 0 Å². The lowest BCUT2D eigenvalue weighted by Crippen LogP contribution is -2.52. The van der Waals surface area contributed by atoms with Gasteiger partial charge in [0, 0.05) is 56.1 Å². The summed E-state index contributed by atoms with van der Waals surface area (Å²) in [5.41, 5.74) is 9.49. The molecule has 0 spiro atoms. The molecule has 1 saturated heterocycles. The van der Waals surface area contributed by atoms with Crippen molar-refractivity contribution in [3.05, 3.63) is 92.1 Å². The fourth-order valence-electron chi connectivity index (χ4n) is 5.70. The smallest absolute Gasteiger partial charge is 0.292 e. The zero-order valence-corrected chi connectivity index (χ0v) is 29.2. The van der Waals surface area contributed by atoms with Crippen molar-refractivity contribution in [1.82, 2.24) is 20.1 Å². The molecule has 5 N–H and O–H groups in total. The van der Waals surface area contributed by atoms with Crippen molar-refractivity contribution < 1.29 is 28.2 Å². The number of aliphatic hydroxyl groups excluding tert-OH is 1. The molecule has 2 aliphatic heterocycles. The molecule has 4 rings (SSSR count). The summed E-state index contributed by atoms with van der Waals surface area (Å²) in [5.74, 6) is -4.84. The fourth-order valence-corrected chi connectivity index (χ4v) is 5.94. The number of halogens is 3. The highest BCUT2D eigenvalue weighted by Gasteiger charge is 2.32. The largest absolute Gasteiger partial charge is 0.504 e. The topological polar surface area (TPSA) is 160 Å². The van der Waals surface area contributed by atoms with Gasteiger partial charge in [-0.25, -0.2) is 13.8 Å². The molecule has 0 radical (unpaired) electrons. The van der Waals surface area contributed by atoms with Crippen molar-refractivity contribution in [3.63, 3.8) is 0 Å². The first kappa shape index (κ1) is 38.0. The second kappa shape index (κ2) is 16.7. The third-order valence-corrected chi connectivity index (χ3v) is 8.93. The maximum absolute atomic E-state index is 14.3. The highest BCUT2D eigenvalue weighted by molar-refractivity contribution is 6.31. The van der Waals surface area contributed by atoms with Crippen molar-refractivity contribution in [3.8, 4) is 0 Å². The standard InChI is InChI=1S/C35H43ClF2N8O4/c1-5-29(43-21-42-18-24-8-6-7-23-11-16-50-20-27(23)24)31(44-12-14-45(15-13-44)33(48)30(40)32(47)22(2)39)34(49)46(41-4)19-25-9-10-26(17-28(25)36)35(3,37)38/h6-10,17,21,39,47H,4-5,11-16,18-20,40H2,1-3H3,(H,42,43)/b31-29+,32-30+,39-22?. The van der Waals surface area contributed by atoms with Crippen molar-refractivity contribution in [2.24, 2.45) is 15.8 Å². The summed E-state index contributed by atoms with van der Waals surface area (Å²) in [5, 5.41) is 26.0. The summed E-state index contributed by atoms with van der Waals surface area (Å²) in [6, 6.07) is 9.95. The van der Waals surface area contributed by atoms with E-state index in [1.807, 2.05) is 19.1 Å². The Hall–Kier alpha value is -4.82. The Balaban J connectivity index is 1.61. The molecular weight excluding hydrogens is 670 g/mol. The molecule has 2 aliphatic rings. The lowest BCUT2D eigenvalue weighted by atomic mass is 9.98. The summed E-state index contributed by atoms with van der Waals surface area (Å²) in [6.07, 6.45) is 2.77. The van der Waals surface area contributed by atoms with Crippen LogP contribution in [-0.2, 0) is 46.4 Å². The van der Waals surface area contributed by atoms with Gasteiger partial charge in [-0.3, -0.25) is 14.6 Å². The van der Waals surface area contributed by atoms with Crippen LogP contribution in [0.15, 0.2) is 69.3 Å². The van der Waals surface area contributed by atoms with Crippen LogP contribution in [0, 0.1) is 5.41 Å². The summed E-state index contributed by atoms with van der Waals surface area (Å²) >= 11 is 6.38. The number of rotatable bonds is 13. The van der Waals surface area contributed by atoms with Gasteiger partial charge in [0.25, 0.3) is 17.7 Å². The zero-order valence-electron chi connectivity index (χ0n) is 28.4. The van der Waals surface area contributed by atoms with Crippen LogP contribution in [0.2, 0.25) is 5.02 Å². The first-order valence-corrected chi connectivity index (χ1v) is 16.5. The van der Waals surface area contributed by atoms with E-state index in [-0.39, 0.29) is 54.7 Å². The van der Waals surface area contributed by atoms with Gasteiger partial charge in [-0.15, -0.1) is 0 Å². The van der Waals surface area contributed by atoms with Gasteiger partial charge in [0.15, 0.2) is 5.76 Å². The maximum Gasteiger partial charge on any atom is 0.292 e. The van der Waals surface area contributed by atoms with Crippen molar-refractivity contribution in [2.45, 2.75) is 59.2 Å². The Bertz CT molecular complexity index is 1710. The number of allylic oxidation sites excluding steroid dienone is 2. The van der Waals surface area contributed by atoms with Crippen LogP contribution in [0.5, 0.6) is 0 Å². The van der Waals surface area contributed by atoms with E-state index >= 15 is 0 Å². The second-order valence-corrected chi connectivity index (χ2v) is 12.4. The third-order valence-electron chi connectivity index (χ3n) is 8.57. The molecule has 2 amide bonds. The predicted molar refractivity (Wildman–Crippen MR) is 189 cm³/mol. The third kappa shape index (κ3) is 9.04. The molecule has 1 fully saturated rings. The van der Waals surface area contributed by atoms with Crippen LogP contribution in [0.1, 0.15) is 55.0 Å². The Morgan fingerprint density at radius 3 is 2.52 bits per heavy atom. The van der Waals surface area contributed by atoms with Crippen molar-refractivity contribution >= 4 is 42.2 Å². The van der Waals surface area contributed by atoms with Gasteiger partial charge in [-0.05, 0) is 48.1 Å². The molecular formula is C35H43ClF2N8O4. The number of alkyl halides is 2. The maximum atomic E-state index is 14.3. The van der Waals surface area contributed by atoms with Gasteiger partial charge in [0.05, 0.1) is 38.4 Å². The van der Waals surface area contributed by atoms with E-state index in [0.29, 0.717) is 37.4 Å². The summed E-state index contributed by atoms with van der Waals surface area (Å²) in [6.45, 7) is 9.77. The summed E-state index contributed by atoms with van der Waals surface area (Å²) < 4.78 is 33.5. The molecule has 12 nitrogen and oxygen atoms in total. The molecule has 2 aromatic carbocycles. The van der Waals surface area contributed by atoms with E-state index in [1.54, 1.807) is 4.90 Å². The highest BCUT2D eigenvalue weighted by atomic mass is 35.5. The average Bonchev–Trinajstić information content (AvgIpc) is 3.10. The number of ether oxygens (including phenoxy) is 1. The molecule has 268 valence electrons. The molecule has 0 bridgehead atoms. The van der Waals surface area contributed by atoms with E-state index in [2.05, 4.69) is 28.2 Å². The first-order valence-electron chi connectivity index (χ1n) is 16.2. The monoisotopic (exact) mass is 712 g/mol. The molecule has 0 aromatic heterocycles. The molecule has 15 heteroatoms. The van der Waals surface area contributed by atoms with Gasteiger partial charge in [-0.2, -0.15) is 5.10 Å². The SMILES string of the molecule is C=NN(Cc1ccc(C(C)(F)F)cc1Cl)C(=O)/C(=C(/CC)NC=NCc1cccc2c1COCC2)N1CCN(C(=O)/C(N)=C(\O)C(C)=N)CC1. The minimum atomic E-state index is -3.10. The van der Waals surface area contributed by atoms with Gasteiger partial charge >= 0.3 is 0 Å². The average molecular weight is 713 g/mol. The Labute approximate surface area is 295 Å². The first-order chi connectivity index (χ1) is 23.8. The molecule has 0 saturated carbocycles. The van der Waals surface area contributed by atoms with Gasteiger partial charge < -0.3 is 36.1 Å². The predicted octanol–water partition coefficient (Wildman–Crippen LogP) is 4.82. The zero-order chi connectivity index (χ0) is 36.6. The van der Waals surface area contributed by atoms with E-state index in [0.717, 1.165) is 29.5 Å². The van der Waals surface area contributed by atoms with Gasteiger partial charge in [-0.1, -0.05) is 48.9 Å². The van der Waals surface area contributed by atoms with E-state index in [1.165, 1.54) is 41.9 Å². The quantitative estimate of drug-likeness (QED) is 0.0762. The number of hydrazone groups is 1. The molecule has 0 aliphatic carbocycles. The van der Waals surface area contributed by atoms with E-state index in [4.69, 9.17) is 27.5 Å². The molecule has 0 atom stereocenters. The Morgan fingerprint density at radius 2 is 1.90 bits per heavy atom. The molecule has 2 aromatic rings. The molecule has 2 heterocycles. The van der Waals surface area contributed by atoms with E-state index in [9.17, 15) is 23.5 Å². The van der Waals surface area contributed by atoms with Crippen molar-refractivity contribution in [2.75, 3.05) is 32.8 Å². The minimum Gasteiger partial charge on any atom is -0.504 e. The molecule has 0 unspecified atom stereocenters. The van der Waals surface area contributed by atoms with Crippen LogP contribution in [0.4, 0.5) is 8.78 Å². The fraction of sp³-hybridized carbons (Fsp3) is 0.400. The number of carbonyl (C=O) groups is 2. The number of carbonyl (C=O) groups excluding carboxylic acids is 2. The summed E-state index contributed by atoms with van der Waals surface area (Å²) in [4.78, 5) is 35.1. The van der Waals surface area contributed by atoms with Crippen LogP contribution in [-0.4, -0.2) is 83.3 Å². The number of benzene rings is 2. The Morgan fingerprint density at radius 1 is 1.20 bits per heavy atom. The number of hydrogen-bond donors (Lipinski definition) is 4. The number of piperazine rings is 1. The second-order valence-electron chi connectivity index (χ2n) is 12.0. The summed E-state index contributed by atoms with van der Waals surface area (Å²) in [7, 11) is 0. The highest BCUT2D eigenvalue weighted by Crippen LogP contribution is 2.31. The van der Waals surface area contributed by atoms with Crippen LogP contribution in [0.3, 0.4) is 0 Å². The van der Waals surface area contributed by atoms with Crippen molar-refractivity contribution in [1.29, 1.82) is 5.41 Å². The van der Waals surface area contributed by atoms with Crippen LogP contribution >= 0.6 is 11.6 Å². The number of amides is 2. The number of hydrogen-bond acceptors (Lipinski definition) is 9. The van der Waals surface area contributed by atoms with Crippen LogP contribution < -0.4 is 11.1 Å². The number of fused-ring (bicyclic) bond motifs is 1. The number of aliphatic imine (C=N–C) groups is 1. The number of nitrogens with one attached hydrogen (secondary N) is 2. The lowest BCUT2D eigenvalue weighted by Gasteiger charge is -2.38. The number of nitrogens with zero attached hydrogens (tertiary/aromatic N) is 5. The van der Waals surface area contributed by atoms with Gasteiger partial charge in [0.1, 0.15) is 11.4 Å². The van der Waals surface area contributed by atoms with E-state index < -0.39 is 29.2 Å². The lowest BCUT2D eigenvalue weighted by molar-refractivity contribution is -0.131. The normalized spacial score (nSPS) is 16.0. The Kier molecular flexibility index (Phi) is 12.7.